The summed E-state index contributed by atoms with van der Waals surface area (Å²) in [6.45, 7) is 18.0. The van der Waals surface area contributed by atoms with E-state index < -0.39 is 232 Å². The van der Waals surface area contributed by atoms with E-state index in [2.05, 4.69) is 54.5 Å². The number of fused-ring (bicyclic) bond motifs is 7. The van der Waals surface area contributed by atoms with Crippen LogP contribution < -0.4 is 0 Å². The van der Waals surface area contributed by atoms with E-state index in [9.17, 15) is 91.6 Å². The fourth-order valence-corrected chi connectivity index (χ4v) is 19.3. The Bertz CT molecular complexity index is 2800. The second-order valence-electron chi connectivity index (χ2n) is 31.9. The quantitative estimate of drug-likeness (QED) is 0.0436. The lowest BCUT2D eigenvalue weighted by Crippen LogP contribution is -2.68. The topological polar surface area (TPSA) is 489 Å². The fourth-order valence-electron chi connectivity index (χ4n) is 19.3. The van der Waals surface area contributed by atoms with Gasteiger partial charge in [-0.3, -0.25) is 4.79 Å². The Balaban J connectivity index is 0.823. The first kappa shape index (κ1) is 75.7. The number of carboxylic acid groups (broad SMARTS) is 1. The molecule has 0 unspecified atom stereocenters. The highest BCUT2D eigenvalue weighted by Gasteiger charge is 2.71. The maximum Gasteiger partial charge on any atom is 0.335 e. The van der Waals surface area contributed by atoms with E-state index in [0.717, 1.165) is 12.0 Å². The Morgan fingerprint density at radius 1 is 0.464 bits per heavy atom. The lowest BCUT2D eigenvalue weighted by Gasteiger charge is -2.71. The molecule has 6 saturated heterocycles. The van der Waals surface area contributed by atoms with Crippen molar-refractivity contribution in [1.29, 1.82) is 0 Å². The second kappa shape index (κ2) is 27.9. The van der Waals surface area contributed by atoms with Crippen LogP contribution in [0.4, 0.5) is 0 Å². The van der Waals surface area contributed by atoms with Crippen LogP contribution in [0.15, 0.2) is 11.6 Å². The minimum absolute atomic E-state index is 0.0569. The van der Waals surface area contributed by atoms with E-state index >= 15 is 4.79 Å². The number of aliphatic hydroxyl groups is 16. The van der Waals surface area contributed by atoms with Crippen LogP contribution in [0.5, 0.6) is 0 Å². The van der Waals surface area contributed by atoms with Crippen molar-refractivity contribution < 1.29 is 153 Å². The SMILES string of the molecule is C[C@@H]1O[C@@H](O[C@@H]2[C@@H](O)[C@@H](O)[C@H](O[C@H]3[C@H](OC(=O)[C@]45CCC(C)(C)C[C@H]4C4=CC[C@@H]6[C@@]7(C)CC[C@H](O[C@@H]8O[C@H](C(=O)O)[C@@H](O)[C@H](O)[C@H]8O[C@@H]8O[C@H](CO)[C@H](O)[C@H](O)[C@H]8O[C@@H]8O[C@@H](C)[C@H](O)[C@@H](O)[C@H]8O)C(C)(C)[C@@H]7CC[C@@]6(C)[C@]4(C)CC5)O[C@H](CO)[C@@H](O)[C@@H]3O)O[C@H]2C)[C@H](O)[C@H](O)[C@H]1O. The molecule has 556 valence electrons. The number of hydrogen-bond donors (Lipinski definition) is 17. The lowest BCUT2D eigenvalue weighted by atomic mass is 9.33. The number of carboxylic acids is 1. The molecule has 0 amide bonds. The van der Waals surface area contributed by atoms with Crippen LogP contribution in [0, 0.1) is 50.2 Å². The standard InChI is InChI=1S/C66H106O31/c1-24-34(69)38(73)45(80)54(86-24)92-48-26(3)88-56(47(82)44(48)79)95-51-41(76)37(72)30(23-68)90-58(51)97-60(85)66-19-17-61(4,5)21-28(66)27-11-12-32-63(8)15-14-33(62(6,7)31(63)13-16-65(32,10)64(27,9)18-20-66)91-59-52(43(78)42(77)49(93-59)53(83)84)96-57-50(40(75)36(71)29(22-67)89-57)94-55-46(81)39(74)35(70)25(2)87-55/h11,24-26,28-52,54-59,67-82H,12-23H2,1-10H3,(H,83,84)/t24-,25-,26-,28-,29+,30+,31-,32+,33-,34-,35-,36-,37+,38+,39+,40-,41-,42-,43-,44-,45+,46+,47+,48-,49-,50+,51+,52+,54-,55-,56-,57-,58-,59+,63-,64+,65+,66-/m0/s1. The smallest absolute Gasteiger partial charge is 0.335 e. The normalized spacial score (nSPS) is 54.4. The Kier molecular flexibility index (Phi) is 21.8. The molecule has 31 nitrogen and oxygen atoms in total. The second-order valence-corrected chi connectivity index (χ2v) is 31.9. The summed E-state index contributed by atoms with van der Waals surface area (Å²) < 4.78 is 72.6. The minimum Gasteiger partial charge on any atom is -0.479 e. The number of esters is 1. The number of hydrogen-bond acceptors (Lipinski definition) is 30. The van der Waals surface area contributed by atoms with Gasteiger partial charge in [0, 0.05) is 0 Å². The maximum atomic E-state index is 15.6. The van der Waals surface area contributed by atoms with E-state index in [4.69, 9.17) is 56.8 Å². The average Bonchev–Trinajstić information content (AvgIpc) is 0.675. The minimum atomic E-state index is -2.12. The van der Waals surface area contributed by atoms with Gasteiger partial charge in [0.15, 0.2) is 43.7 Å². The molecule has 0 radical (unpaired) electrons. The molecule has 0 aromatic carbocycles. The van der Waals surface area contributed by atoms with Gasteiger partial charge in [-0.1, -0.05) is 60.1 Å². The summed E-state index contributed by atoms with van der Waals surface area (Å²) in [6.07, 6.45) is -43.9. The Morgan fingerprint density at radius 2 is 0.928 bits per heavy atom. The number of carbonyl (C=O) groups is 2. The van der Waals surface area contributed by atoms with Gasteiger partial charge in [-0.2, -0.15) is 0 Å². The van der Waals surface area contributed by atoms with E-state index in [1.54, 1.807) is 0 Å². The van der Waals surface area contributed by atoms with Gasteiger partial charge in [0.2, 0.25) is 6.29 Å². The van der Waals surface area contributed by atoms with Crippen LogP contribution in [0.25, 0.3) is 0 Å². The summed E-state index contributed by atoms with van der Waals surface area (Å²) >= 11 is 0. The molecule has 6 heterocycles. The zero-order valence-electron chi connectivity index (χ0n) is 56.5. The van der Waals surface area contributed by atoms with Gasteiger partial charge in [-0.05, 0) is 130 Å². The molecule has 11 rings (SSSR count). The number of rotatable bonds is 15. The van der Waals surface area contributed by atoms with Gasteiger partial charge in [-0.15, -0.1) is 0 Å². The first-order chi connectivity index (χ1) is 45.3. The molecule has 97 heavy (non-hydrogen) atoms. The molecule has 10 fully saturated rings. The highest BCUT2D eigenvalue weighted by Crippen LogP contribution is 2.76. The summed E-state index contributed by atoms with van der Waals surface area (Å²) in [5, 5.41) is 186. The van der Waals surface area contributed by atoms with E-state index in [1.807, 2.05) is 0 Å². The van der Waals surface area contributed by atoms with Gasteiger partial charge in [-0.25, -0.2) is 4.79 Å². The van der Waals surface area contributed by atoms with Crippen molar-refractivity contribution >= 4 is 11.9 Å². The Hall–Kier alpha value is -2.40. The highest BCUT2D eigenvalue weighted by molar-refractivity contribution is 5.79. The van der Waals surface area contributed by atoms with Crippen molar-refractivity contribution in [3.8, 4) is 0 Å². The largest absolute Gasteiger partial charge is 0.479 e. The molecule has 11 aliphatic rings. The van der Waals surface area contributed by atoms with Gasteiger partial charge in [0.1, 0.15) is 116 Å². The van der Waals surface area contributed by atoms with Gasteiger partial charge < -0.3 is 144 Å². The van der Waals surface area contributed by atoms with Crippen LogP contribution in [0.3, 0.4) is 0 Å². The molecule has 0 spiro atoms. The highest BCUT2D eigenvalue weighted by atomic mass is 16.8. The van der Waals surface area contributed by atoms with Crippen LogP contribution in [0.1, 0.15) is 133 Å². The van der Waals surface area contributed by atoms with E-state index in [-0.39, 0.29) is 34.0 Å². The third kappa shape index (κ3) is 12.9. The van der Waals surface area contributed by atoms with Gasteiger partial charge in [0.05, 0.1) is 43.0 Å². The molecule has 0 bridgehead atoms. The molecule has 4 saturated carbocycles. The zero-order valence-corrected chi connectivity index (χ0v) is 56.5. The molecule has 38 atom stereocenters. The summed E-state index contributed by atoms with van der Waals surface area (Å²) in [4.78, 5) is 28.3. The summed E-state index contributed by atoms with van der Waals surface area (Å²) in [7, 11) is 0. The summed E-state index contributed by atoms with van der Waals surface area (Å²) in [5.74, 6) is -2.63. The Morgan fingerprint density at radius 3 is 1.47 bits per heavy atom. The lowest BCUT2D eigenvalue weighted by molar-refractivity contribution is -0.395. The third-order valence-electron chi connectivity index (χ3n) is 25.5. The van der Waals surface area contributed by atoms with E-state index in [0.29, 0.717) is 57.8 Å². The molecule has 0 aromatic heterocycles. The fraction of sp³-hybridized carbons (Fsp3) is 0.939. The predicted octanol–water partition coefficient (Wildman–Crippen LogP) is -3.21. The van der Waals surface area contributed by atoms with Crippen LogP contribution in [0.2, 0.25) is 0 Å². The van der Waals surface area contributed by atoms with Crippen LogP contribution in [-0.2, 0) is 66.4 Å². The van der Waals surface area contributed by atoms with Crippen molar-refractivity contribution in [2.24, 2.45) is 50.2 Å². The number of allylic oxidation sites excluding steroid dienone is 2. The average molecular weight is 1400 g/mol. The number of aliphatic hydroxyl groups excluding tert-OH is 16. The van der Waals surface area contributed by atoms with Gasteiger partial charge in [0.25, 0.3) is 0 Å². The van der Waals surface area contributed by atoms with Crippen LogP contribution in [-0.4, -0.2) is 302 Å². The van der Waals surface area contributed by atoms with Gasteiger partial charge >= 0.3 is 11.9 Å². The van der Waals surface area contributed by atoms with Crippen molar-refractivity contribution in [1.82, 2.24) is 0 Å². The van der Waals surface area contributed by atoms with Crippen molar-refractivity contribution in [3.05, 3.63) is 11.6 Å². The number of ether oxygens (including phenoxy) is 12. The molecular formula is C66H106O31. The molecule has 31 heteroatoms. The molecule has 17 N–H and O–H groups in total. The Labute approximate surface area is 562 Å². The molecular weight excluding hydrogens is 1290 g/mol. The zero-order chi connectivity index (χ0) is 71.0. The first-order valence-corrected chi connectivity index (χ1v) is 34.4. The van der Waals surface area contributed by atoms with Crippen molar-refractivity contribution in [2.75, 3.05) is 13.2 Å². The van der Waals surface area contributed by atoms with Crippen molar-refractivity contribution in [2.45, 2.75) is 324 Å². The molecule has 5 aliphatic carbocycles. The molecule has 6 aliphatic heterocycles. The first-order valence-electron chi connectivity index (χ1n) is 34.4. The van der Waals surface area contributed by atoms with Crippen LogP contribution >= 0.6 is 0 Å². The summed E-state index contributed by atoms with van der Waals surface area (Å²) in [6, 6.07) is 0. The monoisotopic (exact) mass is 1390 g/mol. The maximum absolute atomic E-state index is 15.6. The number of aliphatic carboxylic acids is 1. The number of carbonyl (C=O) groups excluding carboxylic acids is 1. The van der Waals surface area contributed by atoms with Crippen molar-refractivity contribution in [3.63, 3.8) is 0 Å². The third-order valence-corrected chi connectivity index (χ3v) is 25.5. The van der Waals surface area contributed by atoms with E-state index in [1.165, 1.54) is 20.8 Å². The summed E-state index contributed by atoms with van der Waals surface area (Å²) in [5.41, 5.74) is -2.17. The molecule has 0 aromatic rings. The predicted molar refractivity (Wildman–Crippen MR) is 324 cm³/mol.